The summed E-state index contributed by atoms with van der Waals surface area (Å²) in [5.74, 6) is 0.609. The van der Waals surface area contributed by atoms with E-state index in [0.717, 1.165) is 29.7 Å². The first-order chi connectivity index (χ1) is 17.6. The first-order valence-electron chi connectivity index (χ1n) is 13.1. The van der Waals surface area contributed by atoms with Crippen molar-refractivity contribution in [2.24, 2.45) is 0 Å². The molecule has 0 radical (unpaired) electrons. The van der Waals surface area contributed by atoms with Crippen molar-refractivity contribution in [3.8, 4) is 5.75 Å². The van der Waals surface area contributed by atoms with Gasteiger partial charge in [-0.2, -0.15) is 0 Å². The number of nitrogens with one attached hydrogen (secondary N) is 3. The Kier molecular flexibility index (Phi) is 7.44. The molecule has 7 nitrogen and oxygen atoms in total. The Balaban J connectivity index is 1.59. The fraction of sp³-hybridized carbons (Fsp3) is 0.433. The molecule has 3 N–H and O–H groups in total. The molecule has 2 aromatic rings. The van der Waals surface area contributed by atoms with Crippen LogP contribution in [0.25, 0.3) is 0 Å². The number of hydrogen-bond acceptors (Lipinski definition) is 4. The molecule has 1 saturated heterocycles. The maximum absolute atomic E-state index is 13.4. The van der Waals surface area contributed by atoms with Crippen LogP contribution >= 0.6 is 0 Å². The Morgan fingerprint density at radius 1 is 1.24 bits per heavy atom. The average Bonchev–Trinajstić information content (AvgIpc) is 2.87. The van der Waals surface area contributed by atoms with Crippen LogP contribution in [-0.4, -0.2) is 33.8 Å². The SMILES string of the molecule is C=CC[C@H](c1cccc(C(=O)NC2CC(C)(C)Oc3ccccc32)c1)N1C(=N)NC(CC)(CC)CC1=O. The number of ether oxygens (including phenoxy) is 1. The summed E-state index contributed by atoms with van der Waals surface area (Å²) in [7, 11) is 0. The number of guanidine groups is 1. The Labute approximate surface area is 219 Å². The van der Waals surface area contributed by atoms with Gasteiger partial charge in [0.1, 0.15) is 11.4 Å². The Bertz CT molecular complexity index is 1180. The predicted octanol–water partition coefficient (Wildman–Crippen LogP) is 5.65. The van der Waals surface area contributed by atoms with Crippen molar-refractivity contribution in [2.75, 3.05) is 0 Å². The van der Waals surface area contributed by atoms with E-state index in [1.54, 1.807) is 12.1 Å². The predicted molar refractivity (Wildman–Crippen MR) is 146 cm³/mol. The smallest absolute Gasteiger partial charge is 0.251 e. The fourth-order valence-corrected chi connectivity index (χ4v) is 5.47. The molecule has 4 rings (SSSR count). The number of rotatable bonds is 8. The molecule has 2 atom stereocenters. The van der Waals surface area contributed by atoms with Crippen molar-refractivity contribution in [2.45, 2.75) is 83.0 Å². The van der Waals surface area contributed by atoms with E-state index in [0.29, 0.717) is 24.8 Å². The van der Waals surface area contributed by atoms with E-state index in [9.17, 15) is 9.59 Å². The first-order valence-corrected chi connectivity index (χ1v) is 13.1. The number of amides is 2. The molecule has 7 heteroatoms. The monoisotopic (exact) mass is 502 g/mol. The standard InChI is InChI=1S/C30H38N4O3/c1-6-12-24(34-26(35)19-30(7-2,8-3)33-28(34)31)20-13-11-14-21(17-20)27(36)32-23-18-29(4,5)37-25-16-10-9-15-22(23)25/h6,9-11,13-17,23-24H,1,7-8,12,18-19H2,2-5H3,(H2,31,33)(H,32,36)/t23?,24-/m1/s1. The maximum Gasteiger partial charge on any atom is 0.251 e. The average molecular weight is 503 g/mol. The third kappa shape index (κ3) is 5.41. The normalized spacial score (nSPS) is 20.8. The van der Waals surface area contributed by atoms with Gasteiger partial charge in [-0.05, 0) is 56.9 Å². The third-order valence-corrected chi connectivity index (χ3v) is 7.65. The summed E-state index contributed by atoms with van der Waals surface area (Å²) < 4.78 is 6.11. The van der Waals surface area contributed by atoms with Crippen LogP contribution in [0.5, 0.6) is 5.75 Å². The highest BCUT2D eigenvalue weighted by molar-refractivity contribution is 6.00. The molecule has 0 aromatic heterocycles. The van der Waals surface area contributed by atoms with Crippen molar-refractivity contribution in [3.05, 3.63) is 77.9 Å². The molecule has 2 aliphatic heterocycles. The number of nitrogens with zero attached hydrogens (tertiary/aromatic N) is 1. The molecule has 196 valence electrons. The zero-order valence-corrected chi connectivity index (χ0v) is 22.3. The molecule has 0 saturated carbocycles. The maximum atomic E-state index is 13.4. The van der Waals surface area contributed by atoms with Crippen LogP contribution in [0.3, 0.4) is 0 Å². The Morgan fingerprint density at radius 3 is 2.65 bits per heavy atom. The van der Waals surface area contributed by atoms with Crippen molar-refractivity contribution in [3.63, 3.8) is 0 Å². The van der Waals surface area contributed by atoms with Crippen molar-refractivity contribution in [1.29, 1.82) is 5.41 Å². The molecule has 0 bridgehead atoms. The molecular weight excluding hydrogens is 464 g/mol. The summed E-state index contributed by atoms with van der Waals surface area (Å²) in [5.41, 5.74) is 1.47. The molecule has 1 fully saturated rings. The second kappa shape index (κ2) is 10.4. The highest BCUT2D eigenvalue weighted by Gasteiger charge is 2.42. The zero-order valence-electron chi connectivity index (χ0n) is 22.3. The van der Waals surface area contributed by atoms with E-state index in [1.807, 2.05) is 70.2 Å². The summed E-state index contributed by atoms with van der Waals surface area (Å²) >= 11 is 0. The largest absolute Gasteiger partial charge is 0.487 e. The van der Waals surface area contributed by atoms with Crippen LogP contribution < -0.4 is 15.4 Å². The van der Waals surface area contributed by atoms with E-state index in [4.69, 9.17) is 10.1 Å². The second-order valence-electron chi connectivity index (χ2n) is 10.7. The molecule has 0 spiro atoms. The molecule has 0 aliphatic carbocycles. The summed E-state index contributed by atoms with van der Waals surface area (Å²) in [6.07, 6.45) is 4.72. The quantitative estimate of drug-likeness (QED) is 0.407. The van der Waals surface area contributed by atoms with Gasteiger partial charge in [-0.15, -0.1) is 6.58 Å². The number of carbonyl (C=O) groups is 2. The summed E-state index contributed by atoms with van der Waals surface area (Å²) in [6, 6.07) is 14.5. The number of benzene rings is 2. The van der Waals surface area contributed by atoms with Gasteiger partial charge < -0.3 is 15.4 Å². The van der Waals surface area contributed by atoms with E-state index in [-0.39, 0.29) is 29.4 Å². The van der Waals surface area contributed by atoms with E-state index in [1.165, 1.54) is 4.90 Å². The van der Waals surface area contributed by atoms with E-state index >= 15 is 0 Å². The minimum absolute atomic E-state index is 0.0878. The van der Waals surface area contributed by atoms with Gasteiger partial charge in [-0.25, -0.2) is 0 Å². The van der Waals surface area contributed by atoms with Gasteiger partial charge in [0.15, 0.2) is 5.96 Å². The molecular formula is C30H38N4O3. The van der Waals surface area contributed by atoms with Crippen LogP contribution in [0.1, 0.15) is 93.4 Å². The van der Waals surface area contributed by atoms with Crippen LogP contribution in [0.2, 0.25) is 0 Å². The summed E-state index contributed by atoms with van der Waals surface area (Å²) in [5, 5.41) is 15.2. The van der Waals surface area contributed by atoms with Gasteiger partial charge in [0.05, 0.1) is 18.5 Å². The molecule has 2 aromatic carbocycles. The summed E-state index contributed by atoms with van der Waals surface area (Å²) in [6.45, 7) is 12.0. The highest BCUT2D eigenvalue weighted by atomic mass is 16.5. The van der Waals surface area contributed by atoms with Gasteiger partial charge in [0.2, 0.25) is 5.91 Å². The molecule has 37 heavy (non-hydrogen) atoms. The second-order valence-corrected chi connectivity index (χ2v) is 10.7. The first kappa shape index (κ1) is 26.5. The number of hydrogen-bond donors (Lipinski definition) is 3. The lowest BCUT2D eigenvalue weighted by Crippen LogP contribution is -2.62. The minimum Gasteiger partial charge on any atom is -0.487 e. The van der Waals surface area contributed by atoms with Crippen LogP contribution in [0.15, 0.2) is 61.2 Å². The minimum atomic E-state index is -0.424. The third-order valence-electron chi connectivity index (χ3n) is 7.65. The summed E-state index contributed by atoms with van der Waals surface area (Å²) in [4.78, 5) is 28.2. The number of para-hydroxylation sites is 1. The molecule has 1 unspecified atom stereocenters. The lowest BCUT2D eigenvalue weighted by atomic mass is 9.86. The molecule has 2 heterocycles. The Hall–Kier alpha value is -3.61. The van der Waals surface area contributed by atoms with Crippen molar-refractivity contribution in [1.82, 2.24) is 15.5 Å². The molecule has 2 aliphatic rings. The Morgan fingerprint density at radius 2 is 1.97 bits per heavy atom. The lowest BCUT2D eigenvalue weighted by molar-refractivity contribution is -0.132. The van der Waals surface area contributed by atoms with Crippen LogP contribution in [0.4, 0.5) is 0 Å². The topological polar surface area (TPSA) is 94.5 Å². The van der Waals surface area contributed by atoms with E-state index < -0.39 is 11.6 Å². The number of carbonyl (C=O) groups excluding carboxylic acids is 2. The van der Waals surface area contributed by atoms with Gasteiger partial charge in [0, 0.05) is 23.1 Å². The van der Waals surface area contributed by atoms with Gasteiger partial charge >= 0.3 is 0 Å². The van der Waals surface area contributed by atoms with Crippen molar-refractivity contribution < 1.29 is 14.3 Å². The zero-order chi connectivity index (χ0) is 26.8. The van der Waals surface area contributed by atoms with Crippen LogP contribution in [-0.2, 0) is 4.79 Å². The lowest BCUT2D eigenvalue weighted by Gasteiger charge is -2.44. The van der Waals surface area contributed by atoms with Gasteiger partial charge in [0.25, 0.3) is 5.91 Å². The van der Waals surface area contributed by atoms with Gasteiger partial charge in [-0.1, -0.05) is 50.3 Å². The number of fused-ring (bicyclic) bond motifs is 1. The fourth-order valence-electron chi connectivity index (χ4n) is 5.47. The highest BCUT2D eigenvalue weighted by Crippen LogP contribution is 2.39. The van der Waals surface area contributed by atoms with E-state index in [2.05, 4.69) is 17.2 Å². The van der Waals surface area contributed by atoms with Gasteiger partial charge in [-0.3, -0.25) is 19.9 Å². The van der Waals surface area contributed by atoms with Crippen LogP contribution in [0, 0.1) is 5.41 Å². The molecule has 2 amide bonds. The van der Waals surface area contributed by atoms with Crippen molar-refractivity contribution >= 4 is 17.8 Å².